The van der Waals surface area contributed by atoms with E-state index >= 15 is 0 Å². The molecule has 1 amide bonds. The van der Waals surface area contributed by atoms with Gasteiger partial charge in [0.25, 0.3) is 0 Å². The summed E-state index contributed by atoms with van der Waals surface area (Å²) in [5.41, 5.74) is 0. The first-order chi connectivity index (χ1) is 14.4. The first-order valence-electron chi connectivity index (χ1n) is 9.50. The molecule has 0 unspecified atom stereocenters. The zero-order valence-electron chi connectivity index (χ0n) is 16.1. The number of carbonyl (C=O) groups excluding carboxylic acids is 1. The van der Waals surface area contributed by atoms with Gasteiger partial charge in [0.2, 0.25) is 15.9 Å². The van der Waals surface area contributed by atoms with Gasteiger partial charge < -0.3 is 14.4 Å². The van der Waals surface area contributed by atoms with Gasteiger partial charge in [-0.05, 0) is 24.3 Å². The number of rotatable bonds is 5. The lowest BCUT2D eigenvalue weighted by molar-refractivity contribution is -0.129. The first kappa shape index (κ1) is 21.0. The van der Waals surface area contributed by atoms with Crippen molar-refractivity contribution in [3.05, 3.63) is 48.3 Å². The fraction of sp³-hybridized carbons (Fsp3) is 0.350. The number of piperazine rings is 1. The summed E-state index contributed by atoms with van der Waals surface area (Å²) in [4.78, 5) is 14.6. The smallest absolute Gasteiger partial charge is 0.243 e. The van der Waals surface area contributed by atoms with E-state index in [0.717, 1.165) is 11.8 Å². The Morgan fingerprint density at radius 2 is 1.70 bits per heavy atom. The molecule has 2 aliphatic rings. The van der Waals surface area contributed by atoms with E-state index in [2.05, 4.69) is 0 Å². The van der Waals surface area contributed by atoms with Crippen molar-refractivity contribution in [3.63, 3.8) is 0 Å². The molecule has 10 heteroatoms. The molecule has 0 saturated carbocycles. The van der Waals surface area contributed by atoms with Crippen LogP contribution in [0.25, 0.3) is 0 Å². The average molecular weight is 453 g/mol. The Morgan fingerprint density at radius 3 is 2.43 bits per heavy atom. The van der Waals surface area contributed by atoms with Crippen LogP contribution < -0.4 is 9.47 Å². The van der Waals surface area contributed by atoms with Crippen molar-refractivity contribution in [1.29, 1.82) is 0 Å². The third-order valence-corrected chi connectivity index (χ3v) is 7.86. The number of carbonyl (C=O) groups is 1. The van der Waals surface area contributed by atoms with Crippen LogP contribution in [0.1, 0.15) is 0 Å². The fourth-order valence-corrected chi connectivity index (χ4v) is 5.58. The number of amides is 1. The number of halogens is 1. The van der Waals surface area contributed by atoms with E-state index < -0.39 is 10.0 Å². The third kappa shape index (κ3) is 4.40. The minimum Gasteiger partial charge on any atom is -0.486 e. The van der Waals surface area contributed by atoms with Crippen LogP contribution in [0.2, 0.25) is 0 Å². The summed E-state index contributed by atoms with van der Waals surface area (Å²) in [7, 11) is -3.70. The minimum absolute atomic E-state index is 0.107. The van der Waals surface area contributed by atoms with Crippen LogP contribution in [-0.4, -0.2) is 68.7 Å². The highest BCUT2D eigenvalue weighted by atomic mass is 32.2. The number of nitrogens with zero attached hydrogens (tertiary/aromatic N) is 2. The van der Waals surface area contributed by atoms with Gasteiger partial charge in [0.1, 0.15) is 19.0 Å². The summed E-state index contributed by atoms with van der Waals surface area (Å²) < 4.78 is 51.9. The predicted octanol–water partition coefficient (Wildman–Crippen LogP) is 2.22. The predicted molar refractivity (Wildman–Crippen MR) is 110 cm³/mol. The highest BCUT2D eigenvalue weighted by Gasteiger charge is 2.31. The first-order valence-corrected chi connectivity index (χ1v) is 11.9. The number of hydrogen-bond donors (Lipinski definition) is 0. The van der Waals surface area contributed by atoms with Gasteiger partial charge in [-0.2, -0.15) is 4.31 Å². The Labute approximate surface area is 178 Å². The molecule has 0 aromatic heterocycles. The topological polar surface area (TPSA) is 76.2 Å². The van der Waals surface area contributed by atoms with Crippen molar-refractivity contribution >= 4 is 27.7 Å². The Hall–Kier alpha value is -2.30. The largest absolute Gasteiger partial charge is 0.486 e. The van der Waals surface area contributed by atoms with Crippen molar-refractivity contribution in [2.75, 3.05) is 45.1 Å². The third-order valence-electron chi connectivity index (χ3n) is 4.93. The van der Waals surface area contributed by atoms with Gasteiger partial charge in [-0.1, -0.05) is 12.1 Å². The number of benzene rings is 2. The Balaban J connectivity index is 1.35. The maximum atomic E-state index is 13.7. The van der Waals surface area contributed by atoms with E-state index in [1.165, 1.54) is 22.5 Å². The van der Waals surface area contributed by atoms with E-state index in [-0.39, 0.29) is 35.5 Å². The van der Waals surface area contributed by atoms with E-state index in [1.54, 1.807) is 29.2 Å². The molecule has 4 rings (SSSR count). The van der Waals surface area contributed by atoms with E-state index in [0.29, 0.717) is 42.7 Å². The molecule has 0 atom stereocenters. The van der Waals surface area contributed by atoms with Gasteiger partial charge >= 0.3 is 0 Å². The van der Waals surface area contributed by atoms with Crippen LogP contribution in [0.5, 0.6) is 11.5 Å². The number of fused-ring (bicyclic) bond motifs is 1. The maximum absolute atomic E-state index is 13.7. The van der Waals surface area contributed by atoms with Gasteiger partial charge in [-0.25, -0.2) is 12.8 Å². The highest BCUT2D eigenvalue weighted by molar-refractivity contribution is 8.00. The molecule has 2 heterocycles. The molecule has 1 fully saturated rings. The molecule has 2 aliphatic heterocycles. The monoisotopic (exact) mass is 452 g/mol. The van der Waals surface area contributed by atoms with Crippen molar-refractivity contribution in [1.82, 2.24) is 9.21 Å². The standard InChI is InChI=1S/C20H21FN2O5S2/c21-16-3-1-2-4-19(16)29-14-20(24)22-7-9-23(10-8-22)30(25,26)15-5-6-17-18(13-15)28-12-11-27-17/h1-6,13H,7-12,14H2. The van der Waals surface area contributed by atoms with E-state index in [9.17, 15) is 17.6 Å². The zero-order valence-corrected chi connectivity index (χ0v) is 17.8. The summed E-state index contributed by atoms with van der Waals surface area (Å²) in [6.45, 7) is 1.80. The molecule has 30 heavy (non-hydrogen) atoms. The molecule has 2 aromatic carbocycles. The van der Waals surface area contributed by atoms with Crippen molar-refractivity contribution in [2.24, 2.45) is 0 Å². The Kier molecular flexibility index (Phi) is 6.16. The summed E-state index contributed by atoms with van der Waals surface area (Å²) in [6.07, 6.45) is 0. The summed E-state index contributed by atoms with van der Waals surface area (Å²) in [5.74, 6) is 0.560. The molecule has 1 saturated heterocycles. The van der Waals surface area contributed by atoms with Crippen LogP contribution in [-0.2, 0) is 14.8 Å². The second kappa shape index (κ2) is 8.83. The zero-order chi connectivity index (χ0) is 21.1. The van der Waals surface area contributed by atoms with E-state index in [1.807, 2.05) is 0 Å². The van der Waals surface area contributed by atoms with Crippen LogP contribution in [0.4, 0.5) is 4.39 Å². The SMILES string of the molecule is O=C(CSc1ccccc1F)N1CCN(S(=O)(=O)c2ccc3c(c2)OCCO3)CC1. The Morgan fingerprint density at radius 1 is 1.00 bits per heavy atom. The lowest BCUT2D eigenvalue weighted by Gasteiger charge is -2.34. The molecule has 7 nitrogen and oxygen atoms in total. The maximum Gasteiger partial charge on any atom is 0.243 e. The van der Waals surface area contributed by atoms with E-state index in [4.69, 9.17) is 9.47 Å². The summed E-state index contributed by atoms with van der Waals surface area (Å²) in [6, 6.07) is 10.9. The summed E-state index contributed by atoms with van der Waals surface area (Å²) >= 11 is 1.14. The molecule has 0 aliphatic carbocycles. The van der Waals surface area contributed by atoms with Crippen LogP contribution in [0.15, 0.2) is 52.3 Å². The van der Waals surface area contributed by atoms with Gasteiger partial charge in [-0.15, -0.1) is 11.8 Å². The number of thioether (sulfide) groups is 1. The summed E-state index contributed by atoms with van der Waals surface area (Å²) in [5, 5.41) is 0. The molecule has 0 spiro atoms. The number of ether oxygens (including phenoxy) is 2. The van der Waals surface area contributed by atoms with Gasteiger partial charge in [-0.3, -0.25) is 4.79 Å². The average Bonchev–Trinajstić information content (AvgIpc) is 2.78. The lowest BCUT2D eigenvalue weighted by atomic mass is 10.3. The van der Waals surface area contributed by atoms with Crippen molar-refractivity contribution in [3.8, 4) is 11.5 Å². The molecular formula is C20H21FN2O5S2. The molecule has 0 N–H and O–H groups in total. The van der Waals surface area contributed by atoms with Gasteiger partial charge in [0.05, 0.1) is 10.6 Å². The Bertz CT molecular complexity index is 1040. The van der Waals surface area contributed by atoms with Crippen molar-refractivity contribution in [2.45, 2.75) is 9.79 Å². The molecule has 0 bridgehead atoms. The number of sulfonamides is 1. The van der Waals surface area contributed by atoms with Crippen LogP contribution in [0, 0.1) is 5.82 Å². The van der Waals surface area contributed by atoms with Crippen molar-refractivity contribution < 1.29 is 27.1 Å². The highest BCUT2D eigenvalue weighted by Crippen LogP contribution is 2.33. The van der Waals surface area contributed by atoms with Gasteiger partial charge in [0, 0.05) is 37.1 Å². The second-order valence-electron chi connectivity index (χ2n) is 6.81. The van der Waals surface area contributed by atoms with Gasteiger partial charge in [0.15, 0.2) is 11.5 Å². The molecule has 0 radical (unpaired) electrons. The molecule has 2 aromatic rings. The van der Waals surface area contributed by atoms with Crippen LogP contribution in [0.3, 0.4) is 0 Å². The molecular weight excluding hydrogens is 431 g/mol. The number of hydrogen-bond acceptors (Lipinski definition) is 6. The normalized spacial score (nSPS) is 17.0. The quantitative estimate of drug-likeness (QED) is 0.648. The molecule has 160 valence electrons. The minimum atomic E-state index is -3.70. The van der Waals surface area contributed by atoms with Crippen LogP contribution >= 0.6 is 11.8 Å². The second-order valence-corrected chi connectivity index (χ2v) is 9.76. The fourth-order valence-electron chi connectivity index (χ4n) is 3.30. The lowest BCUT2D eigenvalue weighted by Crippen LogP contribution is -2.50.